The Labute approximate surface area is 170 Å². The summed E-state index contributed by atoms with van der Waals surface area (Å²) in [5.74, 6) is 0.297. The van der Waals surface area contributed by atoms with Gasteiger partial charge in [0, 0.05) is 38.2 Å². The maximum atomic E-state index is 11.6. The van der Waals surface area contributed by atoms with Crippen LogP contribution in [0, 0.1) is 10.1 Å². The zero-order valence-corrected chi connectivity index (χ0v) is 16.4. The molecule has 1 aliphatic rings. The molecule has 1 heterocycles. The van der Waals surface area contributed by atoms with Crippen molar-refractivity contribution >= 4 is 57.5 Å². The number of nitro groups is 1. The van der Waals surface area contributed by atoms with Crippen LogP contribution in [0.5, 0.6) is 5.75 Å². The Kier molecular flexibility index (Phi) is 5.66. The third kappa shape index (κ3) is 4.32. The number of azo groups is 1. The summed E-state index contributed by atoms with van der Waals surface area (Å²) in [7, 11) is 1.53. The zero-order chi connectivity index (χ0) is 20.4. The highest BCUT2D eigenvalue weighted by atomic mass is 35.5. The highest BCUT2D eigenvalue weighted by molar-refractivity contribution is 6.39. The van der Waals surface area contributed by atoms with Gasteiger partial charge in [0.15, 0.2) is 0 Å². The standard InChI is InChI=1S/C17H15Cl2N5O4/c1-9(25)20-13-7-15(23-3-4-23)16(28-2)8-14(13)21-22-17-11(18)5-10(24(26)27)6-12(17)19/h5-8H,3-4H2,1-2H3,(H,20,25). The number of ether oxygens (including phenoxy) is 1. The number of amides is 1. The van der Waals surface area contributed by atoms with Crippen molar-refractivity contribution in [2.45, 2.75) is 6.92 Å². The molecule has 146 valence electrons. The number of non-ortho nitro benzene ring substituents is 1. The lowest BCUT2D eigenvalue weighted by atomic mass is 10.2. The molecule has 0 saturated carbocycles. The molecule has 28 heavy (non-hydrogen) atoms. The van der Waals surface area contributed by atoms with E-state index in [0.717, 1.165) is 30.9 Å². The van der Waals surface area contributed by atoms with E-state index in [1.165, 1.54) is 14.0 Å². The van der Waals surface area contributed by atoms with Gasteiger partial charge in [0.05, 0.1) is 33.5 Å². The van der Waals surface area contributed by atoms with E-state index in [1.54, 1.807) is 12.1 Å². The van der Waals surface area contributed by atoms with Gasteiger partial charge in [-0.25, -0.2) is 0 Å². The topological polar surface area (TPSA) is 109 Å². The molecule has 3 rings (SSSR count). The van der Waals surface area contributed by atoms with E-state index in [9.17, 15) is 14.9 Å². The van der Waals surface area contributed by atoms with Gasteiger partial charge in [0.25, 0.3) is 5.69 Å². The van der Waals surface area contributed by atoms with Crippen LogP contribution in [0.3, 0.4) is 0 Å². The van der Waals surface area contributed by atoms with Gasteiger partial charge < -0.3 is 15.0 Å². The summed E-state index contributed by atoms with van der Waals surface area (Å²) < 4.78 is 5.41. The van der Waals surface area contributed by atoms with Crippen molar-refractivity contribution in [2.24, 2.45) is 10.2 Å². The largest absolute Gasteiger partial charge is 0.494 e. The van der Waals surface area contributed by atoms with Crippen LogP contribution in [-0.4, -0.2) is 31.0 Å². The second-order valence-corrected chi connectivity index (χ2v) is 6.74. The van der Waals surface area contributed by atoms with E-state index in [0.29, 0.717) is 17.1 Å². The molecule has 1 N–H and O–H groups in total. The Bertz CT molecular complexity index is 969. The number of carbonyl (C=O) groups excluding carboxylic acids is 1. The summed E-state index contributed by atoms with van der Waals surface area (Å²) in [4.78, 5) is 23.9. The molecule has 1 amide bonds. The van der Waals surface area contributed by atoms with Gasteiger partial charge in [-0.1, -0.05) is 23.2 Å². The zero-order valence-electron chi connectivity index (χ0n) is 14.9. The first kappa shape index (κ1) is 19.8. The summed E-state index contributed by atoms with van der Waals surface area (Å²) in [5.41, 5.74) is 1.42. The van der Waals surface area contributed by atoms with Crippen molar-refractivity contribution in [3.63, 3.8) is 0 Å². The van der Waals surface area contributed by atoms with Crippen LogP contribution in [0.15, 0.2) is 34.5 Å². The molecule has 2 aromatic rings. The van der Waals surface area contributed by atoms with Gasteiger partial charge in [-0.15, -0.1) is 10.2 Å². The van der Waals surface area contributed by atoms with Gasteiger partial charge in [-0.05, 0) is 6.07 Å². The highest BCUT2D eigenvalue weighted by Gasteiger charge is 2.24. The first-order valence-electron chi connectivity index (χ1n) is 8.10. The number of nitrogens with one attached hydrogen (secondary N) is 1. The molecule has 11 heteroatoms. The van der Waals surface area contributed by atoms with Gasteiger partial charge in [-0.3, -0.25) is 14.9 Å². The molecule has 1 saturated heterocycles. The highest BCUT2D eigenvalue weighted by Crippen LogP contribution is 2.43. The smallest absolute Gasteiger partial charge is 0.272 e. The first-order valence-corrected chi connectivity index (χ1v) is 8.85. The van der Waals surface area contributed by atoms with Crippen molar-refractivity contribution in [1.29, 1.82) is 0 Å². The Morgan fingerprint density at radius 3 is 2.36 bits per heavy atom. The van der Waals surface area contributed by atoms with E-state index < -0.39 is 4.92 Å². The van der Waals surface area contributed by atoms with Crippen molar-refractivity contribution in [1.82, 2.24) is 0 Å². The summed E-state index contributed by atoms with van der Waals surface area (Å²) in [6, 6.07) is 5.66. The number of halogens is 2. The molecule has 1 aliphatic heterocycles. The molecular weight excluding hydrogens is 409 g/mol. The monoisotopic (exact) mass is 423 g/mol. The van der Waals surface area contributed by atoms with Crippen LogP contribution in [-0.2, 0) is 4.79 Å². The molecule has 0 radical (unpaired) electrons. The van der Waals surface area contributed by atoms with Crippen LogP contribution in [0.25, 0.3) is 0 Å². The number of nitro benzene ring substituents is 1. The Morgan fingerprint density at radius 1 is 1.21 bits per heavy atom. The third-order valence-corrected chi connectivity index (χ3v) is 4.44. The summed E-state index contributed by atoms with van der Waals surface area (Å²) >= 11 is 12.1. The fraction of sp³-hybridized carbons (Fsp3) is 0.235. The molecular formula is C17H15Cl2N5O4. The Morgan fingerprint density at radius 2 is 1.86 bits per heavy atom. The predicted molar refractivity (Wildman–Crippen MR) is 107 cm³/mol. The number of anilines is 2. The lowest BCUT2D eigenvalue weighted by Gasteiger charge is -2.14. The van der Waals surface area contributed by atoms with Gasteiger partial charge >= 0.3 is 0 Å². The molecule has 0 aromatic heterocycles. The molecule has 1 fully saturated rings. The van der Waals surface area contributed by atoms with E-state index in [1.807, 2.05) is 0 Å². The number of nitrogens with zero attached hydrogens (tertiary/aromatic N) is 4. The van der Waals surface area contributed by atoms with Crippen molar-refractivity contribution in [3.8, 4) is 5.75 Å². The lowest BCUT2D eigenvalue weighted by molar-refractivity contribution is -0.384. The van der Waals surface area contributed by atoms with Crippen LogP contribution < -0.4 is 15.0 Å². The minimum atomic E-state index is -0.607. The molecule has 9 nitrogen and oxygen atoms in total. The van der Waals surface area contributed by atoms with Gasteiger partial charge in [0.1, 0.15) is 17.1 Å². The average Bonchev–Trinajstić information content (AvgIpc) is 3.45. The number of rotatable bonds is 6. The number of carbonyl (C=O) groups is 1. The molecule has 0 spiro atoms. The van der Waals surface area contributed by atoms with E-state index in [2.05, 4.69) is 20.4 Å². The Hall–Kier alpha value is -2.91. The fourth-order valence-corrected chi connectivity index (χ4v) is 3.04. The number of methoxy groups -OCH3 is 1. The third-order valence-electron chi connectivity index (χ3n) is 3.87. The summed E-state index contributed by atoms with van der Waals surface area (Å²) in [5, 5.41) is 21.7. The number of hydrogen-bond donors (Lipinski definition) is 1. The van der Waals surface area contributed by atoms with Crippen molar-refractivity contribution in [3.05, 3.63) is 44.4 Å². The fourth-order valence-electron chi connectivity index (χ4n) is 2.49. The molecule has 0 atom stereocenters. The van der Waals surface area contributed by atoms with Crippen LogP contribution in [0.4, 0.5) is 28.4 Å². The quantitative estimate of drug-likeness (QED) is 0.300. The lowest BCUT2D eigenvalue weighted by Crippen LogP contribution is -2.07. The minimum Gasteiger partial charge on any atom is -0.494 e. The van der Waals surface area contributed by atoms with Crippen LogP contribution in [0.2, 0.25) is 10.0 Å². The second-order valence-electron chi connectivity index (χ2n) is 5.92. The Balaban J connectivity index is 2.03. The van der Waals surface area contributed by atoms with Crippen molar-refractivity contribution < 1.29 is 14.5 Å². The van der Waals surface area contributed by atoms with Gasteiger partial charge in [-0.2, -0.15) is 0 Å². The maximum Gasteiger partial charge on any atom is 0.272 e. The summed E-state index contributed by atoms with van der Waals surface area (Å²) in [6.07, 6.45) is 0. The molecule has 0 unspecified atom stereocenters. The van der Waals surface area contributed by atoms with E-state index in [4.69, 9.17) is 27.9 Å². The average molecular weight is 424 g/mol. The van der Waals surface area contributed by atoms with E-state index in [-0.39, 0.29) is 27.3 Å². The normalized spacial score (nSPS) is 12.9. The summed E-state index contributed by atoms with van der Waals surface area (Å²) in [6.45, 7) is 3.17. The SMILES string of the molecule is COc1cc(N=Nc2c(Cl)cc([N+](=O)[O-])cc2Cl)c(NC(C)=O)cc1N1CC1. The number of hydrogen-bond acceptors (Lipinski definition) is 7. The maximum absolute atomic E-state index is 11.6. The molecule has 0 aliphatic carbocycles. The van der Waals surface area contributed by atoms with Crippen molar-refractivity contribution in [2.75, 3.05) is 30.4 Å². The van der Waals surface area contributed by atoms with Gasteiger partial charge in [0.2, 0.25) is 5.91 Å². The van der Waals surface area contributed by atoms with Crippen LogP contribution in [0.1, 0.15) is 6.92 Å². The van der Waals surface area contributed by atoms with Crippen LogP contribution >= 0.6 is 23.2 Å². The predicted octanol–water partition coefficient (Wildman–Crippen LogP) is 5.10. The van der Waals surface area contributed by atoms with E-state index >= 15 is 0 Å². The number of benzene rings is 2. The molecule has 2 aromatic carbocycles. The minimum absolute atomic E-state index is 0.0169. The molecule has 0 bridgehead atoms. The second kappa shape index (κ2) is 7.99. The first-order chi connectivity index (χ1) is 13.3.